The van der Waals surface area contributed by atoms with E-state index >= 15 is 0 Å². The standard InChI is InChI=1S/C23H15NO3/c25-22(23(26)27)19(21-12-11-17-6-3-4-8-20(17)24-21)14-15-9-10-16-5-1-2-7-18(16)13-15/h1-14H,(H,26,27)/b19-14+. The van der Waals surface area contributed by atoms with Crippen molar-refractivity contribution < 1.29 is 14.7 Å². The van der Waals surface area contributed by atoms with Crippen molar-refractivity contribution >= 4 is 45.1 Å². The van der Waals surface area contributed by atoms with Gasteiger partial charge in [-0.15, -0.1) is 0 Å². The van der Waals surface area contributed by atoms with Gasteiger partial charge in [-0.25, -0.2) is 9.78 Å². The number of carboxylic acids is 1. The normalized spacial score (nSPS) is 11.6. The van der Waals surface area contributed by atoms with Gasteiger partial charge in [-0.05, 0) is 40.6 Å². The molecule has 0 spiro atoms. The van der Waals surface area contributed by atoms with Crippen molar-refractivity contribution in [2.45, 2.75) is 0 Å². The summed E-state index contributed by atoms with van der Waals surface area (Å²) in [5.41, 5.74) is 1.85. The monoisotopic (exact) mass is 353 g/mol. The Labute approximate surface area is 155 Å². The molecule has 0 aliphatic rings. The second-order valence-corrected chi connectivity index (χ2v) is 6.19. The van der Waals surface area contributed by atoms with E-state index in [9.17, 15) is 14.7 Å². The molecule has 0 radical (unpaired) electrons. The van der Waals surface area contributed by atoms with E-state index in [0.717, 1.165) is 21.7 Å². The zero-order chi connectivity index (χ0) is 18.8. The SMILES string of the molecule is O=C(O)C(=O)/C(=C/c1ccc2ccccc2c1)c1ccc2ccccc2n1. The average molecular weight is 353 g/mol. The van der Waals surface area contributed by atoms with E-state index in [1.54, 1.807) is 12.1 Å². The predicted octanol–water partition coefficient (Wildman–Crippen LogP) is 4.58. The summed E-state index contributed by atoms with van der Waals surface area (Å²) in [5, 5.41) is 12.3. The predicted molar refractivity (Wildman–Crippen MR) is 106 cm³/mol. The number of pyridine rings is 1. The number of carboxylic acid groups (broad SMARTS) is 1. The maximum absolute atomic E-state index is 12.3. The van der Waals surface area contributed by atoms with Crippen molar-refractivity contribution in [1.29, 1.82) is 0 Å². The summed E-state index contributed by atoms with van der Waals surface area (Å²) in [6.45, 7) is 0. The quantitative estimate of drug-likeness (QED) is 0.431. The first-order valence-corrected chi connectivity index (χ1v) is 8.46. The molecule has 4 aromatic rings. The van der Waals surface area contributed by atoms with Crippen LogP contribution in [0.15, 0.2) is 78.9 Å². The first-order chi connectivity index (χ1) is 13.1. The molecule has 4 rings (SSSR count). The molecule has 0 aliphatic heterocycles. The molecular weight excluding hydrogens is 338 g/mol. The average Bonchev–Trinajstić information content (AvgIpc) is 2.71. The Balaban J connectivity index is 1.87. The summed E-state index contributed by atoms with van der Waals surface area (Å²) >= 11 is 0. The molecule has 4 heteroatoms. The second kappa shape index (κ2) is 6.84. The number of ketones is 1. The summed E-state index contributed by atoms with van der Waals surface area (Å²) in [6, 6.07) is 24.6. The molecule has 1 N–H and O–H groups in total. The van der Waals surface area contributed by atoms with Gasteiger partial charge in [0, 0.05) is 5.39 Å². The lowest BCUT2D eigenvalue weighted by Crippen LogP contribution is -2.15. The molecule has 130 valence electrons. The van der Waals surface area contributed by atoms with Gasteiger partial charge in [-0.2, -0.15) is 0 Å². The van der Waals surface area contributed by atoms with Gasteiger partial charge >= 0.3 is 5.97 Å². The highest BCUT2D eigenvalue weighted by molar-refractivity contribution is 6.52. The number of hydrogen-bond donors (Lipinski definition) is 1. The Morgan fingerprint density at radius 1 is 0.778 bits per heavy atom. The third-order valence-corrected chi connectivity index (χ3v) is 4.40. The maximum atomic E-state index is 12.3. The van der Waals surface area contributed by atoms with Gasteiger partial charge in [0.1, 0.15) is 0 Å². The fraction of sp³-hybridized carbons (Fsp3) is 0. The van der Waals surface area contributed by atoms with Crippen LogP contribution in [0.25, 0.3) is 33.3 Å². The number of aliphatic carboxylic acids is 1. The summed E-state index contributed by atoms with van der Waals surface area (Å²) in [4.78, 5) is 28.2. The molecule has 0 amide bonds. The smallest absolute Gasteiger partial charge is 0.377 e. The molecule has 0 fully saturated rings. The number of rotatable bonds is 4. The molecule has 1 heterocycles. The summed E-state index contributed by atoms with van der Waals surface area (Å²) in [6.07, 6.45) is 1.58. The van der Waals surface area contributed by atoms with Crippen LogP contribution in [-0.4, -0.2) is 21.8 Å². The van der Waals surface area contributed by atoms with Crippen LogP contribution >= 0.6 is 0 Å². The van der Waals surface area contributed by atoms with Gasteiger partial charge in [0.2, 0.25) is 0 Å². The number of aromatic nitrogens is 1. The van der Waals surface area contributed by atoms with Crippen LogP contribution in [0, 0.1) is 0 Å². The first-order valence-electron chi connectivity index (χ1n) is 8.46. The topological polar surface area (TPSA) is 67.3 Å². The number of hydrogen-bond acceptors (Lipinski definition) is 3. The first kappa shape index (κ1) is 16.7. The van der Waals surface area contributed by atoms with Crippen molar-refractivity contribution in [3.05, 3.63) is 90.1 Å². The molecular formula is C23H15NO3. The van der Waals surface area contributed by atoms with Gasteiger partial charge in [-0.1, -0.05) is 60.7 Å². The molecule has 0 saturated heterocycles. The van der Waals surface area contributed by atoms with E-state index < -0.39 is 11.8 Å². The lowest BCUT2D eigenvalue weighted by Gasteiger charge is -2.07. The molecule has 0 unspecified atom stereocenters. The van der Waals surface area contributed by atoms with Crippen LogP contribution in [0.3, 0.4) is 0 Å². The number of fused-ring (bicyclic) bond motifs is 2. The highest BCUT2D eigenvalue weighted by Gasteiger charge is 2.21. The van der Waals surface area contributed by atoms with Crippen LogP contribution in [0.4, 0.5) is 0 Å². The minimum Gasteiger partial charge on any atom is -0.475 e. The molecule has 3 aromatic carbocycles. The lowest BCUT2D eigenvalue weighted by molar-refractivity contribution is -0.146. The zero-order valence-electron chi connectivity index (χ0n) is 14.3. The fourth-order valence-corrected chi connectivity index (χ4v) is 3.05. The highest BCUT2D eigenvalue weighted by Crippen LogP contribution is 2.23. The van der Waals surface area contributed by atoms with Gasteiger partial charge < -0.3 is 5.11 Å². The molecule has 0 atom stereocenters. The largest absolute Gasteiger partial charge is 0.475 e. The van der Waals surface area contributed by atoms with Crippen molar-refractivity contribution in [2.24, 2.45) is 0 Å². The molecule has 0 bridgehead atoms. The van der Waals surface area contributed by atoms with E-state index in [4.69, 9.17) is 0 Å². The number of Topliss-reactive ketones (excluding diaryl/α,β-unsaturated/α-hetero) is 1. The number of carbonyl (C=O) groups excluding carboxylic acids is 1. The minimum atomic E-state index is -1.50. The highest BCUT2D eigenvalue weighted by atomic mass is 16.4. The van der Waals surface area contributed by atoms with E-state index in [1.807, 2.05) is 72.8 Å². The van der Waals surface area contributed by atoms with Crippen LogP contribution in [0.1, 0.15) is 11.3 Å². The summed E-state index contributed by atoms with van der Waals surface area (Å²) < 4.78 is 0. The Kier molecular flexibility index (Phi) is 4.22. The van der Waals surface area contributed by atoms with Crippen LogP contribution in [0.5, 0.6) is 0 Å². The Hall–Kier alpha value is -3.79. The van der Waals surface area contributed by atoms with Crippen molar-refractivity contribution in [1.82, 2.24) is 4.98 Å². The summed E-state index contributed by atoms with van der Waals surface area (Å²) in [5.74, 6) is -2.48. The third-order valence-electron chi connectivity index (χ3n) is 4.40. The second-order valence-electron chi connectivity index (χ2n) is 6.19. The summed E-state index contributed by atoms with van der Waals surface area (Å²) in [7, 11) is 0. The number of benzene rings is 3. The van der Waals surface area contributed by atoms with E-state index in [1.165, 1.54) is 0 Å². The third kappa shape index (κ3) is 3.33. The van der Waals surface area contributed by atoms with Crippen molar-refractivity contribution in [3.63, 3.8) is 0 Å². The van der Waals surface area contributed by atoms with E-state index in [2.05, 4.69) is 4.98 Å². The minimum absolute atomic E-state index is 0.0588. The maximum Gasteiger partial charge on any atom is 0.377 e. The Morgan fingerprint density at radius 2 is 1.44 bits per heavy atom. The van der Waals surface area contributed by atoms with Gasteiger partial charge in [0.05, 0.1) is 16.8 Å². The lowest BCUT2D eigenvalue weighted by atomic mass is 10.0. The molecule has 4 nitrogen and oxygen atoms in total. The van der Waals surface area contributed by atoms with E-state index in [0.29, 0.717) is 11.2 Å². The van der Waals surface area contributed by atoms with Crippen LogP contribution < -0.4 is 0 Å². The number of carbonyl (C=O) groups is 2. The number of nitrogens with zero attached hydrogens (tertiary/aromatic N) is 1. The zero-order valence-corrected chi connectivity index (χ0v) is 14.3. The molecule has 0 saturated carbocycles. The molecule has 1 aromatic heterocycles. The molecule has 0 aliphatic carbocycles. The van der Waals surface area contributed by atoms with Crippen molar-refractivity contribution in [2.75, 3.05) is 0 Å². The fourth-order valence-electron chi connectivity index (χ4n) is 3.05. The van der Waals surface area contributed by atoms with Gasteiger partial charge in [0.15, 0.2) is 0 Å². The van der Waals surface area contributed by atoms with Gasteiger partial charge in [-0.3, -0.25) is 4.79 Å². The van der Waals surface area contributed by atoms with Crippen molar-refractivity contribution in [3.8, 4) is 0 Å². The van der Waals surface area contributed by atoms with Gasteiger partial charge in [0.25, 0.3) is 5.78 Å². The van der Waals surface area contributed by atoms with E-state index in [-0.39, 0.29) is 5.57 Å². The molecule has 27 heavy (non-hydrogen) atoms. The number of para-hydroxylation sites is 1. The van der Waals surface area contributed by atoms with Crippen LogP contribution in [-0.2, 0) is 9.59 Å². The Morgan fingerprint density at radius 3 is 2.22 bits per heavy atom. The Bertz CT molecular complexity index is 1220. The van der Waals surface area contributed by atoms with Crippen LogP contribution in [0.2, 0.25) is 0 Å².